The van der Waals surface area contributed by atoms with Gasteiger partial charge < -0.3 is 14.8 Å². The third-order valence-corrected chi connectivity index (χ3v) is 7.57. The molecule has 0 radical (unpaired) electrons. The van der Waals surface area contributed by atoms with Gasteiger partial charge in [-0.1, -0.05) is 23.2 Å². The van der Waals surface area contributed by atoms with E-state index in [1.165, 1.54) is 22.5 Å². The molecule has 1 N–H and O–H groups in total. The van der Waals surface area contributed by atoms with E-state index in [2.05, 4.69) is 5.32 Å². The number of amides is 1. The van der Waals surface area contributed by atoms with Crippen LogP contribution in [0.15, 0.2) is 41.3 Å². The van der Waals surface area contributed by atoms with Crippen molar-refractivity contribution in [1.29, 1.82) is 0 Å². The van der Waals surface area contributed by atoms with Crippen molar-refractivity contribution < 1.29 is 22.7 Å². The number of sulfonamides is 1. The van der Waals surface area contributed by atoms with E-state index in [1.54, 1.807) is 18.2 Å². The minimum Gasteiger partial charge on any atom is -0.493 e. The van der Waals surface area contributed by atoms with E-state index in [1.807, 2.05) is 0 Å². The van der Waals surface area contributed by atoms with Gasteiger partial charge >= 0.3 is 0 Å². The quantitative estimate of drug-likeness (QED) is 0.740. The summed E-state index contributed by atoms with van der Waals surface area (Å²) in [6.45, 7) is 1.66. The summed E-state index contributed by atoms with van der Waals surface area (Å²) in [6.07, 6.45) is 0.558. The number of nitrogens with one attached hydrogen (secondary N) is 1. The molecular weight excluding hydrogens is 451 g/mol. The molecule has 2 aromatic rings. The van der Waals surface area contributed by atoms with Gasteiger partial charge in [0.1, 0.15) is 5.75 Å². The standard InChI is InChI=1S/C20H20Cl2N2O5S/c21-13-1-4-19-16(11-13)18(5-8-29-19)23-20(25)15-12-14(2-3-17(15)22)30(26,27)24-6-9-28-10-7-24/h1-4,11-12,18H,5-10H2,(H,23,25). The summed E-state index contributed by atoms with van der Waals surface area (Å²) in [6, 6.07) is 9.07. The monoisotopic (exact) mass is 470 g/mol. The summed E-state index contributed by atoms with van der Waals surface area (Å²) in [5.74, 6) is 0.197. The van der Waals surface area contributed by atoms with Crippen molar-refractivity contribution in [2.75, 3.05) is 32.9 Å². The molecule has 0 aliphatic carbocycles. The summed E-state index contributed by atoms with van der Waals surface area (Å²) in [5, 5.41) is 3.64. The lowest BCUT2D eigenvalue weighted by Crippen LogP contribution is -2.40. The van der Waals surface area contributed by atoms with Crippen LogP contribution in [0.1, 0.15) is 28.4 Å². The summed E-state index contributed by atoms with van der Waals surface area (Å²) in [7, 11) is -3.74. The first kappa shape index (κ1) is 21.4. The van der Waals surface area contributed by atoms with Gasteiger partial charge in [0, 0.05) is 30.1 Å². The van der Waals surface area contributed by atoms with Crippen LogP contribution in [0.5, 0.6) is 5.75 Å². The summed E-state index contributed by atoms with van der Waals surface area (Å²) < 4.78 is 38.0. The number of rotatable bonds is 4. The van der Waals surface area contributed by atoms with Gasteiger partial charge in [-0.2, -0.15) is 4.31 Å². The number of benzene rings is 2. The average molecular weight is 471 g/mol. The van der Waals surface area contributed by atoms with Crippen LogP contribution in [0.4, 0.5) is 0 Å². The molecule has 0 saturated carbocycles. The Bertz CT molecular complexity index is 1070. The van der Waals surface area contributed by atoms with Crippen LogP contribution >= 0.6 is 23.2 Å². The third-order valence-electron chi connectivity index (χ3n) is 5.11. The molecule has 2 heterocycles. The van der Waals surface area contributed by atoms with Gasteiger partial charge in [-0.15, -0.1) is 0 Å². The van der Waals surface area contributed by atoms with E-state index >= 15 is 0 Å². The Morgan fingerprint density at radius 3 is 2.60 bits per heavy atom. The van der Waals surface area contributed by atoms with Crippen molar-refractivity contribution in [1.82, 2.24) is 9.62 Å². The summed E-state index contributed by atoms with van der Waals surface area (Å²) in [5.41, 5.74) is 0.872. The van der Waals surface area contributed by atoms with Crippen molar-refractivity contribution in [2.24, 2.45) is 0 Å². The maximum absolute atomic E-state index is 13.0. The van der Waals surface area contributed by atoms with Gasteiger partial charge in [0.25, 0.3) is 5.91 Å². The zero-order valence-corrected chi connectivity index (χ0v) is 18.3. The first-order chi connectivity index (χ1) is 14.4. The van der Waals surface area contributed by atoms with Crippen molar-refractivity contribution in [3.8, 4) is 5.75 Å². The fourth-order valence-electron chi connectivity index (χ4n) is 3.53. The molecule has 0 bridgehead atoms. The van der Waals surface area contributed by atoms with Crippen molar-refractivity contribution in [2.45, 2.75) is 17.4 Å². The molecule has 30 heavy (non-hydrogen) atoms. The van der Waals surface area contributed by atoms with Crippen LogP contribution in [-0.2, 0) is 14.8 Å². The number of nitrogens with zero attached hydrogens (tertiary/aromatic N) is 1. The fourth-order valence-corrected chi connectivity index (χ4v) is 5.34. The van der Waals surface area contributed by atoms with E-state index in [4.69, 9.17) is 32.7 Å². The lowest BCUT2D eigenvalue weighted by Gasteiger charge is -2.27. The van der Waals surface area contributed by atoms with Gasteiger partial charge in [-0.05, 0) is 36.4 Å². The van der Waals surface area contributed by atoms with Crippen molar-refractivity contribution in [3.05, 3.63) is 57.6 Å². The number of carbonyl (C=O) groups is 1. The topological polar surface area (TPSA) is 84.9 Å². The van der Waals surface area contributed by atoms with Crippen LogP contribution in [-0.4, -0.2) is 51.5 Å². The molecule has 7 nitrogen and oxygen atoms in total. The molecule has 1 saturated heterocycles. The van der Waals surface area contributed by atoms with Gasteiger partial charge in [-0.25, -0.2) is 8.42 Å². The van der Waals surface area contributed by atoms with Crippen LogP contribution in [0.2, 0.25) is 10.0 Å². The largest absolute Gasteiger partial charge is 0.493 e. The molecule has 2 aliphatic rings. The average Bonchev–Trinajstić information content (AvgIpc) is 2.75. The zero-order valence-electron chi connectivity index (χ0n) is 15.9. The van der Waals surface area contributed by atoms with Gasteiger partial charge in [0.05, 0.1) is 41.3 Å². The summed E-state index contributed by atoms with van der Waals surface area (Å²) in [4.78, 5) is 13.0. The number of fused-ring (bicyclic) bond motifs is 1. The predicted molar refractivity (Wildman–Crippen MR) is 113 cm³/mol. The Kier molecular flexibility index (Phi) is 6.22. The highest BCUT2D eigenvalue weighted by Crippen LogP contribution is 2.34. The number of morpholine rings is 1. The van der Waals surface area contributed by atoms with Gasteiger partial charge in [0.2, 0.25) is 10.0 Å². The summed E-state index contributed by atoms with van der Waals surface area (Å²) >= 11 is 12.3. The number of hydrogen-bond acceptors (Lipinski definition) is 5. The minimum atomic E-state index is -3.74. The Balaban J connectivity index is 1.60. The smallest absolute Gasteiger partial charge is 0.253 e. The van der Waals surface area contributed by atoms with E-state index < -0.39 is 15.9 Å². The second-order valence-electron chi connectivity index (χ2n) is 7.00. The predicted octanol–water partition coefficient (Wildman–Crippen LogP) is 3.27. The molecule has 1 unspecified atom stereocenters. The number of ether oxygens (including phenoxy) is 2. The minimum absolute atomic E-state index is 0.0226. The number of carbonyl (C=O) groups excluding carboxylic acids is 1. The molecule has 2 aromatic carbocycles. The molecule has 10 heteroatoms. The molecule has 1 amide bonds. The second kappa shape index (κ2) is 8.72. The van der Waals surface area contributed by atoms with E-state index in [0.29, 0.717) is 37.0 Å². The van der Waals surface area contributed by atoms with E-state index in [9.17, 15) is 13.2 Å². The Morgan fingerprint density at radius 1 is 1.07 bits per heavy atom. The Labute approximate surface area is 184 Å². The van der Waals surface area contributed by atoms with Crippen LogP contribution in [0, 0.1) is 0 Å². The third kappa shape index (κ3) is 4.29. The molecule has 2 aliphatic heterocycles. The van der Waals surface area contributed by atoms with Crippen molar-refractivity contribution >= 4 is 39.1 Å². The van der Waals surface area contributed by atoms with Crippen LogP contribution in [0.3, 0.4) is 0 Å². The normalized spacial score (nSPS) is 19.6. The first-order valence-corrected chi connectivity index (χ1v) is 11.7. The SMILES string of the molecule is O=C(NC1CCOc2ccc(Cl)cc21)c1cc(S(=O)(=O)N2CCOCC2)ccc1Cl. The molecule has 1 atom stereocenters. The molecular formula is C20H20Cl2N2O5S. The van der Waals surface area contributed by atoms with Gasteiger partial charge in [-0.3, -0.25) is 4.79 Å². The molecule has 160 valence electrons. The lowest BCUT2D eigenvalue weighted by molar-refractivity contribution is 0.0730. The number of hydrogen-bond donors (Lipinski definition) is 1. The maximum atomic E-state index is 13.0. The molecule has 4 rings (SSSR count). The Morgan fingerprint density at radius 2 is 1.83 bits per heavy atom. The molecule has 1 fully saturated rings. The highest BCUT2D eigenvalue weighted by molar-refractivity contribution is 7.89. The molecule has 0 spiro atoms. The van der Waals surface area contributed by atoms with Crippen LogP contribution in [0.25, 0.3) is 0 Å². The van der Waals surface area contributed by atoms with Crippen molar-refractivity contribution in [3.63, 3.8) is 0 Å². The van der Waals surface area contributed by atoms with Gasteiger partial charge in [0.15, 0.2) is 0 Å². The highest BCUT2D eigenvalue weighted by atomic mass is 35.5. The highest BCUT2D eigenvalue weighted by Gasteiger charge is 2.29. The van der Waals surface area contributed by atoms with E-state index in [-0.39, 0.29) is 34.6 Å². The first-order valence-electron chi connectivity index (χ1n) is 9.47. The van der Waals surface area contributed by atoms with E-state index in [0.717, 1.165) is 5.56 Å². The fraction of sp³-hybridized carbons (Fsp3) is 0.350. The lowest BCUT2D eigenvalue weighted by atomic mass is 10.00. The maximum Gasteiger partial charge on any atom is 0.253 e. The Hall–Kier alpha value is -1.84. The zero-order chi connectivity index (χ0) is 21.3. The van der Waals surface area contributed by atoms with Crippen LogP contribution < -0.4 is 10.1 Å². The number of halogens is 2. The molecule has 0 aromatic heterocycles. The second-order valence-corrected chi connectivity index (χ2v) is 9.79.